The van der Waals surface area contributed by atoms with E-state index in [1.165, 1.54) is 32.0 Å². The number of sulfonamides is 1. The van der Waals surface area contributed by atoms with Crippen molar-refractivity contribution in [3.8, 4) is 0 Å². The van der Waals surface area contributed by atoms with Crippen LogP contribution in [0.15, 0.2) is 30.3 Å². The summed E-state index contributed by atoms with van der Waals surface area (Å²) in [4.78, 5) is 29.8. The number of para-hydroxylation sites is 1. The molecule has 0 radical (unpaired) electrons. The fourth-order valence-corrected chi connectivity index (χ4v) is 3.45. The fourth-order valence-electron chi connectivity index (χ4n) is 2.40. The average molecular weight is 378 g/mol. The Morgan fingerprint density at radius 1 is 1.23 bits per heavy atom. The minimum atomic E-state index is -4.02. The largest absolute Gasteiger partial charge is 0.352 e. The van der Waals surface area contributed by atoms with Crippen molar-refractivity contribution in [1.82, 2.24) is 15.2 Å². The summed E-state index contributed by atoms with van der Waals surface area (Å²) in [5.41, 5.74) is 0.780. The van der Waals surface area contributed by atoms with Crippen LogP contribution in [0.25, 0.3) is 10.9 Å². The second-order valence-electron chi connectivity index (χ2n) is 5.95. The maximum absolute atomic E-state index is 12.5. The molecule has 1 aromatic heterocycles. The van der Waals surface area contributed by atoms with Crippen LogP contribution in [0.1, 0.15) is 24.2 Å². The normalized spacial score (nSPS) is 12.5. The molecule has 0 saturated carbocycles. The van der Waals surface area contributed by atoms with Crippen LogP contribution in [0, 0.1) is 0 Å². The van der Waals surface area contributed by atoms with Crippen molar-refractivity contribution in [2.24, 2.45) is 0 Å². The third-order valence-electron chi connectivity index (χ3n) is 3.80. The van der Waals surface area contributed by atoms with Crippen LogP contribution in [0.2, 0.25) is 0 Å². The summed E-state index contributed by atoms with van der Waals surface area (Å²) in [6, 6.07) is 8.31. The van der Waals surface area contributed by atoms with Gasteiger partial charge in [0.05, 0.1) is 11.1 Å². The molecule has 0 aliphatic carbocycles. The van der Waals surface area contributed by atoms with E-state index in [0.29, 0.717) is 23.0 Å². The maximum Gasteiger partial charge on any atom is 0.252 e. The quantitative estimate of drug-likeness (QED) is 0.785. The standard InChI is InChI=1S/C17H22N4O4S/c1-5-18-16(22)13-10-15(19-14-9-7-6-8-12(13)14)20-26(24,25)11(2)17(23)21(3)4/h6-11H,5H2,1-4H3,(H,18,22)(H,19,20)/t11-/m0/s1. The van der Waals surface area contributed by atoms with Crippen molar-refractivity contribution in [3.05, 3.63) is 35.9 Å². The highest BCUT2D eigenvalue weighted by Crippen LogP contribution is 2.22. The second-order valence-corrected chi connectivity index (χ2v) is 7.95. The van der Waals surface area contributed by atoms with E-state index in [9.17, 15) is 18.0 Å². The number of pyridine rings is 1. The van der Waals surface area contributed by atoms with Gasteiger partial charge in [0.1, 0.15) is 5.82 Å². The molecule has 140 valence electrons. The Hall–Kier alpha value is -2.68. The van der Waals surface area contributed by atoms with E-state index < -0.39 is 21.2 Å². The molecule has 0 aliphatic heterocycles. The average Bonchev–Trinajstić information content (AvgIpc) is 2.59. The third-order valence-corrected chi connectivity index (χ3v) is 5.43. The molecule has 26 heavy (non-hydrogen) atoms. The first kappa shape index (κ1) is 19.6. The number of hydrogen-bond donors (Lipinski definition) is 2. The second kappa shape index (κ2) is 7.69. The number of rotatable bonds is 6. The van der Waals surface area contributed by atoms with Gasteiger partial charge in [0.25, 0.3) is 5.91 Å². The van der Waals surface area contributed by atoms with Gasteiger partial charge in [-0.05, 0) is 26.0 Å². The van der Waals surface area contributed by atoms with E-state index in [4.69, 9.17) is 0 Å². The Labute approximate surface area is 152 Å². The predicted octanol–water partition coefficient (Wildman–Crippen LogP) is 1.20. The fraction of sp³-hybridized carbons (Fsp3) is 0.353. The first-order valence-electron chi connectivity index (χ1n) is 8.08. The van der Waals surface area contributed by atoms with Gasteiger partial charge in [0, 0.05) is 26.0 Å². The summed E-state index contributed by atoms with van der Waals surface area (Å²) in [7, 11) is -1.05. The number of amides is 2. The number of carbonyl (C=O) groups is 2. The Balaban J connectivity index is 2.47. The molecule has 0 saturated heterocycles. The molecule has 1 heterocycles. The van der Waals surface area contributed by atoms with Crippen molar-refractivity contribution in [1.29, 1.82) is 0 Å². The number of carbonyl (C=O) groups excluding carboxylic acids is 2. The highest BCUT2D eigenvalue weighted by atomic mass is 32.2. The SMILES string of the molecule is CCNC(=O)c1cc(NS(=O)(=O)[C@@H](C)C(=O)N(C)C)nc2ccccc12. The molecular formula is C17H22N4O4S. The highest BCUT2D eigenvalue weighted by molar-refractivity contribution is 7.94. The molecule has 1 aromatic carbocycles. The van der Waals surface area contributed by atoms with E-state index >= 15 is 0 Å². The number of aromatic nitrogens is 1. The smallest absolute Gasteiger partial charge is 0.252 e. The monoisotopic (exact) mass is 378 g/mol. The molecule has 0 spiro atoms. The van der Waals surface area contributed by atoms with Gasteiger partial charge in [-0.3, -0.25) is 14.3 Å². The van der Waals surface area contributed by atoms with Crippen molar-refractivity contribution in [2.45, 2.75) is 19.1 Å². The van der Waals surface area contributed by atoms with Gasteiger partial charge in [-0.1, -0.05) is 18.2 Å². The van der Waals surface area contributed by atoms with E-state index in [2.05, 4.69) is 15.0 Å². The molecule has 0 aliphatic rings. The van der Waals surface area contributed by atoms with Gasteiger partial charge in [0.15, 0.2) is 5.25 Å². The molecule has 2 rings (SSSR count). The molecule has 8 nitrogen and oxygen atoms in total. The van der Waals surface area contributed by atoms with E-state index in [-0.39, 0.29) is 11.7 Å². The topological polar surface area (TPSA) is 108 Å². The Morgan fingerprint density at radius 3 is 2.50 bits per heavy atom. The number of hydrogen-bond acceptors (Lipinski definition) is 5. The zero-order valence-electron chi connectivity index (χ0n) is 15.1. The molecule has 2 aromatic rings. The lowest BCUT2D eigenvalue weighted by atomic mass is 10.1. The summed E-state index contributed by atoms with van der Waals surface area (Å²) in [5.74, 6) is -0.894. The van der Waals surface area contributed by atoms with Gasteiger partial charge in [-0.2, -0.15) is 0 Å². The lowest BCUT2D eigenvalue weighted by Crippen LogP contribution is -2.40. The van der Waals surface area contributed by atoms with Crippen LogP contribution < -0.4 is 10.0 Å². The molecule has 9 heteroatoms. The van der Waals surface area contributed by atoms with Crippen LogP contribution in [0.4, 0.5) is 5.82 Å². The number of anilines is 1. The van der Waals surface area contributed by atoms with E-state index in [1.54, 1.807) is 31.2 Å². The van der Waals surface area contributed by atoms with Crippen LogP contribution in [-0.4, -0.2) is 56.0 Å². The first-order valence-corrected chi connectivity index (χ1v) is 9.62. The maximum atomic E-state index is 12.5. The molecule has 0 unspecified atom stereocenters. The first-order chi connectivity index (χ1) is 12.2. The van der Waals surface area contributed by atoms with Crippen molar-refractivity contribution < 1.29 is 18.0 Å². The van der Waals surface area contributed by atoms with Crippen molar-refractivity contribution in [2.75, 3.05) is 25.4 Å². The predicted molar refractivity (Wildman–Crippen MR) is 100 cm³/mol. The zero-order chi connectivity index (χ0) is 19.5. The summed E-state index contributed by atoms with van der Waals surface area (Å²) in [5, 5.41) is 2.01. The number of nitrogens with zero attached hydrogens (tertiary/aromatic N) is 2. The highest BCUT2D eigenvalue weighted by Gasteiger charge is 2.30. The molecule has 1 atom stereocenters. The summed E-state index contributed by atoms with van der Waals surface area (Å²) in [6.07, 6.45) is 0. The summed E-state index contributed by atoms with van der Waals surface area (Å²) in [6.45, 7) is 3.53. The van der Waals surface area contributed by atoms with Crippen LogP contribution in [0.3, 0.4) is 0 Å². The summed E-state index contributed by atoms with van der Waals surface area (Å²) >= 11 is 0. The Morgan fingerprint density at radius 2 is 1.88 bits per heavy atom. The van der Waals surface area contributed by atoms with Gasteiger partial charge in [-0.15, -0.1) is 0 Å². The minimum Gasteiger partial charge on any atom is -0.352 e. The number of fused-ring (bicyclic) bond motifs is 1. The molecule has 0 fully saturated rings. The van der Waals surface area contributed by atoms with Gasteiger partial charge >= 0.3 is 0 Å². The van der Waals surface area contributed by atoms with Crippen LogP contribution >= 0.6 is 0 Å². The van der Waals surface area contributed by atoms with E-state index in [0.717, 1.165) is 0 Å². The van der Waals surface area contributed by atoms with Crippen molar-refractivity contribution in [3.63, 3.8) is 0 Å². The lowest BCUT2D eigenvalue weighted by molar-refractivity contribution is -0.127. The van der Waals surface area contributed by atoms with Gasteiger partial charge in [-0.25, -0.2) is 13.4 Å². The Bertz CT molecular complexity index is 941. The van der Waals surface area contributed by atoms with E-state index in [1.807, 2.05) is 0 Å². The van der Waals surface area contributed by atoms with Gasteiger partial charge in [0.2, 0.25) is 15.9 Å². The zero-order valence-corrected chi connectivity index (χ0v) is 15.9. The Kier molecular flexibility index (Phi) is 5.81. The summed E-state index contributed by atoms with van der Waals surface area (Å²) < 4.78 is 27.3. The van der Waals surface area contributed by atoms with Gasteiger partial charge < -0.3 is 10.2 Å². The van der Waals surface area contributed by atoms with Crippen LogP contribution in [-0.2, 0) is 14.8 Å². The van der Waals surface area contributed by atoms with Crippen molar-refractivity contribution >= 4 is 38.6 Å². The number of benzene rings is 1. The lowest BCUT2D eigenvalue weighted by Gasteiger charge is -2.18. The molecule has 2 N–H and O–H groups in total. The van der Waals surface area contributed by atoms with Crippen LogP contribution in [0.5, 0.6) is 0 Å². The third kappa shape index (κ3) is 4.10. The molecule has 2 amide bonds. The molecule has 0 bridgehead atoms. The number of nitrogens with one attached hydrogen (secondary N) is 2. The molecular weight excluding hydrogens is 356 g/mol. The minimum absolute atomic E-state index is 0.0108.